The molecule has 0 spiro atoms. The number of ether oxygens (including phenoxy) is 1. The Hall–Kier alpha value is -3.27. The molecule has 0 saturated carbocycles. The number of pyridine rings is 1. The maximum Gasteiger partial charge on any atom is 0.407 e. The summed E-state index contributed by atoms with van der Waals surface area (Å²) in [5.74, 6) is 0.205. The summed E-state index contributed by atoms with van der Waals surface area (Å²) in [4.78, 5) is 40.7. The first-order chi connectivity index (χ1) is 15.7. The number of aromatic nitrogens is 3. The highest BCUT2D eigenvalue weighted by Gasteiger charge is 2.31. The minimum Gasteiger partial charge on any atom is -0.444 e. The summed E-state index contributed by atoms with van der Waals surface area (Å²) in [7, 11) is 0. The van der Waals surface area contributed by atoms with E-state index >= 15 is 0 Å². The number of anilines is 1. The molecule has 0 aliphatic carbocycles. The SMILES string of the molecule is C[C@H](Nc1nc(C(=O)N2CCC(NC(=O)OC(C)(C)C)C2)c2sccc2n1)c1ccccn1. The van der Waals surface area contributed by atoms with E-state index in [1.54, 1.807) is 11.1 Å². The van der Waals surface area contributed by atoms with Crippen LogP contribution in [-0.2, 0) is 4.74 Å². The first-order valence-corrected chi connectivity index (χ1v) is 11.8. The number of carbonyl (C=O) groups is 2. The second-order valence-electron chi connectivity index (χ2n) is 9.03. The van der Waals surface area contributed by atoms with E-state index < -0.39 is 11.7 Å². The molecular weight excluding hydrogens is 440 g/mol. The molecule has 0 aromatic carbocycles. The van der Waals surface area contributed by atoms with Gasteiger partial charge in [-0.3, -0.25) is 9.78 Å². The molecule has 4 rings (SSSR count). The van der Waals surface area contributed by atoms with Gasteiger partial charge in [-0.05, 0) is 57.7 Å². The maximum atomic E-state index is 13.4. The number of rotatable bonds is 5. The number of alkyl carbamates (subject to hydrolysis) is 1. The lowest BCUT2D eigenvalue weighted by Crippen LogP contribution is -2.41. The second kappa shape index (κ2) is 9.30. The van der Waals surface area contributed by atoms with Crippen LogP contribution in [0.5, 0.6) is 0 Å². The molecule has 2 N–H and O–H groups in total. The fourth-order valence-corrected chi connectivity index (χ4v) is 4.47. The van der Waals surface area contributed by atoms with Crippen LogP contribution in [0.1, 0.15) is 56.3 Å². The van der Waals surface area contributed by atoms with E-state index in [1.165, 1.54) is 11.3 Å². The predicted molar refractivity (Wildman–Crippen MR) is 127 cm³/mol. The second-order valence-corrected chi connectivity index (χ2v) is 9.95. The van der Waals surface area contributed by atoms with E-state index in [0.717, 1.165) is 15.9 Å². The molecule has 2 atom stereocenters. The van der Waals surface area contributed by atoms with Crippen molar-refractivity contribution in [1.29, 1.82) is 0 Å². The zero-order valence-corrected chi connectivity index (χ0v) is 20.0. The lowest BCUT2D eigenvalue weighted by molar-refractivity contribution is 0.0502. The van der Waals surface area contributed by atoms with E-state index in [-0.39, 0.29) is 18.0 Å². The Balaban J connectivity index is 1.49. The number of hydrogen-bond acceptors (Lipinski definition) is 8. The van der Waals surface area contributed by atoms with Crippen molar-refractivity contribution in [1.82, 2.24) is 25.2 Å². The molecule has 9 nitrogen and oxygen atoms in total. The predicted octanol–water partition coefficient (Wildman–Crippen LogP) is 4.00. The third kappa shape index (κ3) is 5.57. The Morgan fingerprint density at radius 3 is 2.79 bits per heavy atom. The van der Waals surface area contributed by atoms with Crippen LogP contribution in [0.25, 0.3) is 10.2 Å². The molecule has 0 radical (unpaired) electrons. The molecule has 1 saturated heterocycles. The van der Waals surface area contributed by atoms with Crippen LogP contribution >= 0.6 is 11.3 Å². The van der Waals surface area contributed by atoms with Gasteiger partial charge < -0.3 is 20.3 Å². The van der Waals surface area contributed by atoms with Gasteiger partial charge in [-0.1, -0.05) is 6.07 Å². The molecule has 3 aromatic rings. The molecule has 174 valence electrons. The average Bonchev–Trinajstić information content (AvgIpc) is 3.41. The van der Waals surface area contributed by atoms with Gasteiger partial charge in [0.25, 0.3) is 5.91 Å². The van der Waals surface area contributed by atoms with Crippen LogP contribution in [0.4, 0.5) is 10.7 Å². The van der Waals surface area contributed by atoms with Gasteiger partial charge in [-0.2, -0.15) is 0 Å². The molecule has 3 aromatic heterocycles. The van der Waals surface area contributed by atoms with Gasteiger partial charge in [0, 0.05) is 19.3 Å². The summed E-state index contributed by atoms with van der Waals surface area (Å²) in [5, 5.41) is 8.01. The number of hydrogen-bond donors (Lipinski definition) is 2. The first-order valence-electron chi connectivity index (χ1n) is 10.9. The minimum absolute atomic E-state index is 0.126. The summed E-state index contributed by atoms with van der Waals surface area (Å²) < 4.78 is 6.08. The molecule has 33 heavy (non-hydrogen) atoms. The molecule has 2 amide bonds. The highest BCUT2D eigenvalue weighted by atomic mass is 32.1. The summed E-state index contributed by atoms with van der Waals surface area (Å²) in [6.45, 7) is 8.36. The number of fused-ring (bicyclic) bond motifs is 1. The number of nitrogens with one attached hydrogen (secondary N) is 2. The van der Waals surface area contributed by atoms with Crippen molar-refractivity contribution in [2.45, 2.75) is 51.8 Å². The molecule has 10 heteroatoms. The Morgan fingerprint density at radius 1 is 1.24 bits per heavy atom. The highest BCUT2D eigenvalue weighted by molar-refractivity contribution is 7.17. The zero-order valence-electron chi connectivity index (χ0n) is 19.2. The van der Waals surface area contributed by atoms with Gasteiger partial charge in [0.15, 0.2) is 5.69 Å². The Kier molecular flexibility index (Phi) is 6.46. The number of nitrogens with zero attached hydrogens (tertiary/aromatic N) is 4. The molecule has 1 aliphatic rings. The lowest BCUT2D eigenvalue weighted by atomic mass is 10.2. The minimum atomic E-state index is -0.570. The topological polar surface area (TPSA) is 109 Å². The van der Waals surface area contributed by atoms with Crippen LogP contribution in [0, 0.1) is 0 Å². The third-order valence-corrected chi connectivity index (χ3v) is 6.09. The Bertz CT molecular complexity index is 1140. The van der Waals surface area contributed by atoms with Crippen LogP contribution in [-0.4, -0.2) is 56.6 Å². The van der Waals surface area contributed by atoms with Crippen molar-refractivity contribution < 1.29 is 14.3 Å². The monoisotopic (exact) mass is 468 g/mol. The fraction of sp³-hybridized carbons (Fsp3) is 0.435. The van der Waals surface area contributed by atoms with Gasteiger partial charge in [-0.15, -0.1) is 11.3 Å². The fourth-order valence-electron chi connectivity index (χ4n) is 3.66. The summed E-state index contributed by atoms with van der Waals surface area (Å²) in [5.41, 5.74) is 1.37. The zero-order chi connectivity index (χ0) is 23.6. The van der Waals surface area contributed by atoms with Gasteiger partial charge >= 0.3 is 6.09 Å². The van der Waals surface area contributed by atoms with Gasteiger partial charge in [0.05, 0.1) is 28.0 Å². The summed E-state index contributed by atoms with van der Waals surface area (Å²) >= 11 is 1.44. The van der Waals surface area contributed by atoms with Gasteiger partial charge in [0.2, 0.25) is 5.95 Å². The van der Waals surface area contributed by atoms with E-state index in [4.69, 9.17) is 4.74 Å². The van der Waals surface area contributed by atoms with Crippen molar-refractivity contribution >= 4 is 39.5 Å². The van der Waals surface area contributed by atoms with Gasteiger partial charge in [-0.25, -0.2) is 14.8 Å². The van der Waals surface area contributed by atoms with Gasteiger partial charge in [0.1, 0.15) is 5.60 Å². The van der Waals surface area contributed by atoms with E-state index in [9.17, 15) is 9.59 Å². The highest BCUT2D eigenvalue weighted by Crippen LogP contribution is 2.27. The van der Waals surface area contributed by atoms with Crippen LogP contribution in [0.3, 0.4) is 0 Å². The lowest BCUT2D eigenvalue weighted by Gasteiger charge is -2.22. The largest absolute Gasteiger partial charge is 0.444 e. The Morgan fingerprint density at radius 2 is 2.06 bits per heavy atom. The third-order valence-electron chi connectivity index (χ3n) is 5.18. The van der Waals surface area contributed by atoms with Crippen molar-refractivity contribution in [3.05, 3.63) is 47.2 Å². The number of carbonyl (C=O) groups excluding carboxylic acids is 2. The summed E-state index contributed by atoms with van der Waals surface area (Å²) in [6.07, 6.45) is 1.92. The molecule has 0 bridgehead atoms. The van der Waals surface area contributed by atoms with E-state index in [1.807, 2.05) is 57.3 Å². The maximum absolute atomic E-state index is 13.4. The van der Waals surface area contributed by atoms with Crippen LogP contribution in [0.15, 0.2) is 35.8 Å². The Labute approximate surface area is 196 Å². The van der Waals surface area contributed by atoms with Crippen molar-refractivity contribution in [2.24, 2.45) is 0 Å². The smallest absolute Gasteiger partial charge is 0.407 e. The standard InChI is InChI=1S/C23H28N6O3S/c1-14(16-7-5-6-10-24-16)25-21-27-17-9-12-33-19(17)18(28-21)20(30)29-11-8-15(13-29)26-22(31)32-23(2,3)4/h5-7,9-10,12,14-15H,8,11,13H2,1-4H3,(H,26,31)(H,25,27,28)/t14-,15?/m0/s1. The van der Waals surface area contributed by atoms with E-state index in [2.05, 4.69) is 25.6 Å². The first kappa shape index (κ1) is 22.9. The van der Waals surface area contributed by atoms with Crippen molar-refractivity contribution in [3.63, 3.8) is 0 Å². The molecular formula is C23H28N6O3S. The number of likely N-dealkylation sites (tertiary alicyclic amines) is 1. The van der Waals surface area contributed by atoms with Crippen LogP contribution in [0.2, 0.25) is 0 Å². The molecule has 1 aliphatic heterocycles. The van der Waals surface area contributed by atoms with Crippen LogP contribution < -0.4 is 10.6 Å². The van der Waals surface area contributed by atoms with Crippen molar-refractivity contribution in [3.8, 4) is 0 Å². The van der Waals surface area contributed by atoms with Crippen molar-refractivity contribution in [2.75, 3.05) is 18.4 Å². The quantitative estimate of drug-likeness (QED) is 0.582. The molecule has 1 fully saturated rings. The van der Waals surface area contributed by atoms with E-state index in [0.29, 0.717) is 31.2 Å². The normalized spacial score (nSPS) is 17.1. The molecule has 4 heterocycles. The molecule has 1 unspecified atom stereocenters. The average molecular weight is 469 g/mol. The summed E-state index contributed by atoms with van der Waals surface area (Å²) in [6, 6.07) is 7.31. The number of amides is 2. The number of thiophene rings is 1.